The smallest absolute Gasteiger partial charge is 0.226 e. The van der Waals surface area contributed by atoms with E-state index >= 15 is 0 Å². The molecule has 27 heavy (non-hydrogen) atoms. The molecule has 1 heterocycles. The number of hydrogen-bond acceptors (Lipinski definition) is 3. The number of hydrogen-bond donors (Lipinski definition) is 1. The van der Waals surface area contributed by atoms with Crippen LogP contribution in [0.3, 0.4) is 0 Å². The first-order valence-corrected chi connectivity index (χ1v) is 9.35. The molecule has 0 radical (unpaired) electrons. The Bertz CT molecular complexity index is 745. The normalized spacial score (nSPS) is 14.3. The van der Waals surface area contributed by atoms with Gasteiger partial charge < -0.3 is 15.0 Å². The van der Waals surface area contributed by atoms with Gasteiger partial charge >= 0.3 is 0 Å². The molecule has 0 saturated carbocycles. The van der Waals surface area contributed by atoms with Crippen LogP contribution in [0.2, 0.25) is 0 Å². The molecule has 3 rings (SSSR count). The monoisotopic (exact) mass is 388 g/mol. The van der Waals surface area contributed by atoms with Gasteiger partial charge in [0.1, 0.15) is 12.4 Å². The number of carbonyl (C=O) groups excluding carboxylic acids is 1. The predicted octanol–water partition coefficient (Wildman–Crippen LogP) is 3.75. The highest BCUT2D eigenvalue weighted by atomic mass is 35.5. The molecule has 0 unspecified atom stereocenters. The number of amides is 1. The number of ether oxygens (including phenoxy) is 1. The van der Waals surface area contributed by atoms with Gasteiger partial charge in [-0.25, -0.2) is 0 Å². The summed E-state index contributed by atoms with van der Waals surface area (Å²) in [7, 11) is 1.93. The molecule has 0 aliphatic carbocycles. The molecule has 0 aromatic heterocycles. The van der Waals surface area contributed by atoms with Crippen LogP contribution < -0.4 is 10.1 Å². The van der Waals surface area contributed by atoms with Crippen LogP contribution >= 0.6 is 12.4 Å². The molecule has 146 valence electrons. The number of piperidine rings is 1. The number of likely N-dealkylation sites (N-methyl/N-ethyl adjacent to an activating group) is 1. The van der Waals surface area contributed by atoms with Gasteiger partial charge in [-0.05, 0) is 56.1 Å². The van der Waals surface area contributed by atoms with E-state index in [0.29, 0.717) is 19.1 Å². The van der Waals surface area contributed by atoms with E-state index in [9.17, 15) is 4.79 Å². The van der Waals surface area contributed by atoms with Crippen molar-refractivity contribution in [2.45, 2.75) is 38.8 Å². The maximum absolute atomic E-state index is 12.6. The molecular weight excluding hydrogens is 360 g/mol. The summed E-state index contributed by atoms with van der Waals surface area (Å²) in [6, 6.07) is 16.5. The summed E-state index contributed by atoms with van der Waals surface area (Å²) in [6.45, 7) is 4.60. The van der Waals surface area contributed by atoms with Crippen molar-refractivity contribution in [1.29, 1.82) is 0 Å². The van der Waals surface area contributed by atoms with E-state index in [1.807, 2.05) is 42.3 Å². The maximum Gasteiger partial charge on any atom is 0.226 e. The molecule has 1 aliphatic rings. The Labute approximate surface area is 168 Å². The van der Waals surface area contributed by atoms with Gasteiger partial charge in [-0.3, -0.25) is 4.79 Å². The molecule has 0 spiro atoms. The first kappa shape index (κ1) is 21.3. The maximum atomic E-state index is 12.6. The van der Waals surface area contributed by atoms with Crippen molar-refractivity contribution in [3.8, 4) is 5.75 Å². The third kappa shape index (κ3) is 6.26. The first-order valence-electron chi connectivity index (χ1n) is 9.35. The average molecular weight is 389 g/mol. The van der Waals surface area contributed by atoms with Gasteiger partial charge in [0.05, 0.1) is 6.42 Å². The number of nitrogens with one attached hydrogen (secondary N) is 1. The topological polar surface area (TPSA) is 41.6 Å². The molecule has 1 amide bonds. The van der Waals surface area contributed by atoms with Gasteiger partial charge in [0.15, 0.2) is 0 Å². The van der Waals surface area contributed by atoms with Crippen molar-refractivity contribution < 1.29 is 9.53 Å². The van der Waals surface area contributed by atoms with Gasteiger partial charge in [0.2, 0.25) is 5.91 Å². The van der Waals surface area contributed by atoms with Crippen LogP contribution in [-0.2, 0) is 17.8 Å². The van der Waals surface area contributed by atoms with Gasteiger partial charge in [0.25, 0.3) is 0 Å². The summed E-state index contributed by atoms with van der Waals surface area (Å²) in [6.07, 6.45) is 2.48. The Morgan fingerprint density at radius 3 is 2.56 bits per heavy atom. The van der Waals surface area contributed by atoms with Crippen molar-refractivity contribution >= 4 is 18.3 Å². The van der Waals surface area contributed by atoms with Crippen LogP contribution in [0.25, 0.3) is 0 Å². The molecule has 2 aromatic carbocycles. The Hall–Kier alpha value is -2.04. The van der Waals surface area contributed by atoms with Crippen LogP contribution in [0.15, 0.2) is 48.5 Å². The fourth-order valence-electron chi connectivity index (χ4n) is 3.41. The molecule has 1 fully saturated rings. The number of rotatable bonds is 6. The highest BCUT2D eigenvalue weighted by molar-refractivity contribution is 5.85. The summed E-state index contributed by atoms with van der Waals surface area (Å²) in [5.41, 5.74) is 3.38. The largest absolute Gasteiger partial charge is 0.489 e. The highest BCUT2D eigenvalue weighted by Gasteiger charge is 2.21. The summed E-state index contributed by atoms with van der Waals surface area (Å²) >= 11 is 0. The van der Waals surface area contributed by atoms with E-state index in [0.717, 1.165) is 42.8 Å². The van der Waals surface area contributed by atoms with E-state index in [1.54, 1.807) is 0 Å². The van der Waals surface area contributed by atoms with E-state index in [4.69, 9.17) is 4.74 Å². The van der Waals surface area contributed by atoms with Gasteiger partial charge in [0, 0.05) is 13.1 Å². The van der Waals surface area contributed by atoms with Crippen molar-refractivity contribution in [2.75, 3.05) is 20.1 Å². The molecule has 0 atom stereocenters. The first-order chi connectivity index (χ1) is 12.6. The van der Waals surface area contributed by atoms with Crippen LogP contribution in [-0.4, -0.2) is 37.0 Å². The molecule has 2 aromatic rings. The van der Waals surface area contributed by atoms with Gasteiger partial charge in [-0.2, -0.15) is 0 Å². The molecule has 1 saturated heterocycles. The Balaban J connectivity index is 0.00000261. The van der Waals surface area contributed by atoms with Gasteiger partial charge in [-0.15, -0.1) is 12.4 Å². The molecule has 1 aliphatic heterocycles. The minimum atomic E-state index is 0. The SMILES string of the molecule is Cc1cccc(COc2cccc(CC(=O)N(C)C3CCNCC3)c2)c1.Cl. The van der Waals surface area contributed by atoms with Crippen LogP contribution in [0.1, 0.15) is 29.5 Å². The third-order valence-electron chi connectivity index (χ3n) is 4.99. The molecule has 0 bridgehead atoms. The van der Waals surface area contributed by atoms with Gasteiger partial charge in [-0.1, -0.05) is 42.0 Å². The summed E-state index contributed by atoms with van der Waals surface area (Å²) in [5.74, 6) is 0.981. The lowest BCUT2D eigenvalue weighted by Gasteiger charge is -2.31. The summed E-state index contributed by atoms with van der Waals surface area (Å²) in [5, 5.41) is 3.34. The predicted molar refractivity (Wildman–Crippen MR) is 112 cm³/mol. The lowest BCUT2D eigenvalue weighted by molar-refractivity contribution is -0.131. The van der Waals surface area contributed by atoms with Crippen LogP contribution in [0.5, 0.6) is 5.75 Å². The van der Waals surface area contributed by atoms with E-state index < -0.39 is 0 Å². The zero-order chi connectivity index (χ0) is 18.4. The Morgan fingerprint density at radius 2 is 1.81 bits per heavy atom. The second-order valence-corrected chi connectivity index (χ2v) is 7.09. The summed E-state index contributed by atoms with van der Waals surface area (Å²) in [4.78, 5) is 14.5. The lowest BCUT2D eigenvalue weighted by Crippen LogP contribution is -2.44. The minimum absolute atomic E-state index is 0. The van der Waals surface area contributed by atoms with Crippen molar-refractivity contribution in [3.05, 3.63) is 65.2 Å². The van der Waals surface area contributed by atoms with Crippen molar-refractivity contribution in [2.24, 2.45) is 0 Å². The molecular formula is C22H29ClN2O2. The number of carbonyl (C=O) groups is 1. The van der Waals surface area contributed by atoms with Crippen molar-refractivity contribution in [3.63, 3.8) is 0 Å². The van der Waals surface area contributed by atoms with Crippen LogP contribution in [0.4, 0.5) is 0 Å². The number of benzene rings is 2. The minimum Gasteiger partial charge on any atom is -0.489 e. The summed E-state index contributed by atoms with van der Waals surface area (Å²) < 4.78 is 5.91. The fraction of sp³-hybridized carbons (Fsp3) is 0.409. The third-order valence-corrected chi connectivity index (χ3v) is 4.99. The van der Waals surface area contributed by atoms with E-state index in [1.165, 1.54) is 5.56 Å². The zero-order valence-electron chi connectivity index (χ0n) is 16.1. The number of aryl methyl sites for hydroxylation is 1. The quantitative estimate of drug-likeness (QED) is 0.819. The second kappa shape index (κ2) is 10.3. The number of halogens is 1. The second-order valence-electron chi connectivity index (χ2n) is 7.09. The average Bonchev–Trinajstić information content (AvgIpc) is 2.67. The Morgan fingerprint density at radius 1 is 1.11 bits per heavy atom. The molecule has 1 N–H and O–H groups in total. The molecule has 4 nitrogen and oxygen atoms in total. The highest BCUT2D eigenvalue weighted by Crippen LogP contribution is 2.18. The van der Waals surface area contributed by atoms with Crippen molar-refractivity contribution in [1.82, 2.24) is 10.2 Å². The van der Waals surface area contributed by atoms with E-state index in [2.05, 4.69) is 30.4 Å². The number of nitrogens with zero attached hydrogens (tertiary/aromatic N) is 1. The zero-order valence-corrected chi connectivity index (χ0v) is 16.9. The van der Waals surface area contributed by atoms with E-state index in [-0.39, 0.29) is 18.3 Å². The fourth-order valence-corrected chi connectivity index (χ4v) is 3.41. The van der Waals surface area contributed by atoms with Crippen LogP contribution in [0, 0.1) is 6.92 Å². The standard InChI is InChI=1S/C22H28N2O2.ClH/c1-17-5-3-7-19(13-17)16-26-21-8-4-6-18(14-21)15-22(25)24(2)20-9-11-23-12-10-20;/h3-8,13-14,20,23H,9-12,15-16H2,1-2H3;1H. The Kier molecular flexibility index (Phi) is 8.14. The molecule has 5 heteroatoms. The lowest BCUT2D eigenvalue weighted by atomic mass is 10.0.